The number of amides is 2. The number of rotatable bonds is 7. The fourth-order valence-corrected chi connectivity index (χ4v) is 3.83. The second kappa shape index (κ2) is 10.5. The molecule has 1 aromatic rings. The van der Waals surface area contributed by atoms with Gasteiger partial charge in [0, 0.05) is 37.4 Å². The summed E-state index contributed by atoms with van der Waals surface area (Å²) in [6.45, 7) is 5.52. The summed E-state index contributed by atoms with van der Waals surface area (Å²) in [4.78, 5) is 29.1. The molecule has 0 aliphatic carbocycles. The molecular weight excluding hydrogens is 356 g/mol. The van der Waals surface area contributed by atoms with Crippen molar-refractivity contribution < 1.29 is 14.7 Å². The van der Waals surface area contributed by atoms with E-state index in [4.69, 9.17) is 0 Å². The number of aliphatic hydroxyl groups excluding tert-OH is 1. The zero-order valence-corrected chi connectivity index (χ0v) is 16.5. The molecule has 2 amide bonds. The van der Waals surface area contributed by atoms with Gasteiger partial charge >= 0.3 is 0 Å². The summed E-state index contributed by atoms with van der Waals surface area (Å²) < 4.78 is 0. The Kier molecular flexibility index (Phi) is 7.82. The van der Waals surface area contributed by atoms with Gasteiger partial charge in [0.25, 0.3) is 5.91 Å². The molecule has 154 valence electrons. The molecule has 0 unspecified atom stereocenters. The maximum absolute atomic E-state index is 12.4. The van der Waals surface area contributed by atoms with Crippen molar-refractivity contribution in [2.75, 3.05) is 51.1 Å². The summed E-state index contributed by atoms with van der Waals surface area (Å²) in [6, 6.07) is 7.06. The predicted octanol–water partition coefficient (Wildman–Crippen LogP) is 1.30. The first-order valence-electron chi connectivity index (χ1n) is 10.4. The first kappa shape index (κ1) is 20.8. The third kappa shape index (κ3) is 6.58. The molecule has 0 radical (unpaired) electrons. The van der Waals surface area contributed by atoms with Gasteiger partial charge in [-0.3, -0.25) is 14.5 Å². The number of carbonyl (C=O) groups is 2. The largest absolute Gasteiger partial charge is 0.393 e. The summed E-state index contributed by atoms with van der Waals surface area (Å²) in [5.74, 6) is -0.211. The lowest BCUT2D eigenvalue weighted by Crippen LogP contribution is -2.40. The van der Waals surface area contributed by atoms with Gasteiger partial charge in [-0.05, 0) is 57.0 Å². The molecule has 0 saturated carbocycles. The molecule has 2 heterocycles. The fourth-order valence-electron chi connectivity index (χ4n) is 3.83. The van der Waals surface area contributed by atoms with Crippen molar-refractivity contribution in [3.05, 3.63) is 29.8 Å². The van der Waals surface area contributed by atoms with E-state index >= 15 is 0 Å². The lowest BCUT2D eigenvalue weighted by molar-refractivity contribution is -0.117. The quantitative estimate of drug-likeness (QED) is 0.656. The Hall–Kier alpha value is -1.96. The number of aliphatic hydroxyl groups is 1. The smallest absolute Gasteiger partial charge is 0.251 e. The average molecular weight is 389 g/mol. The molecule has 7 heteroatoms. The van der Waals surface area contributed by atoms with Crippen molar-refractivity contribution in [1.29, 1.82) is 0 Å². The molecule has 2 aliphatic rings. The summed E-state index contributed by atoms with van der Waals surface area (Å²) in [7, 11) is 0. The average Bonchev–Trinajstić information content (AvgIpc) is 2.70. The fraction of sp³-hybridized carbons (Fsp3) is 0.619. The molecule has 0 spiro atoms. The summed E-state index contributed by atoms with van der Waals surface area (Å²) in [5, 5.41) is 15.4. The van der Waals surface area contributed by atoms with Gasteiger partial charge in [0.1, 0.15) is 0 Å². The summed E-state index contributed by atoms with van der Waals surface area (Å²) in [5.41, 5.74) is 1.18. The van der Waals surface area contributed by atoms with Crippen LogP contribution in [0.25, 0.3) is 0 Å². The van der Waals surface area contributed by atoms with E-state index in [1.807, 2.05) is 4.90 Å². The van der Waals surface area contributed by atoms with Gasteiger partial charge in [0.05, 0.1) is 12.6 Å². The minimum Gasteiger partial charge on any atom is -0.393 e. The molecule has 2 fully saturated rings. The number of nitrogens with zero attached hydrogens (tertiary/aromatic N) is 2. The molecule has 2 saturated heterocycles. The molecule has 0 atom stereocenters. The van der Waals surface area contributed by atoms with Crippen molar-refractivity contribution in [3.63, 3.8) is 0 Å². The first-order valence-corrected chi connectivity index (χ1v) is 10.4. The van der Waals surface area contributed by atoms with E-state index in [0.717, 1.165) is 32.7 Å². The van der Waals surface area contributed by atoms with Gasteiger partial charge in [-0.25, -0.2) is 0 Å². The highest BCUT2D eigenvalue weighted by atomic mass is 16.3. The number of nitrogens with one attached hydrogen (secondary N) is 2. The Morgan fingerprint density at radius 2 is 1.79 bits per heavy atom. The highest BCUT2D eigenvalue weighted by Gasteiger charge is 2.19. The lowest BCUT2D eigenvalue weighted by atomic mass is 10.1. The number of anilines is 1. The minimum atomic E-state index is -0.246. The molecule has 0 bridgehead atoms. The third-order valence-electron chi connectivity index (χ3n) is 5.50. The first-order chi connectivity index (χ1) is 13.6. The minimum absolute atomic E-state index is 0.0981. The van der Waals surface area contributed by atoms with E-state index < -0.39 is 0 Å². The second-order valence-electron chi connectivity index (χ2n) is 7.79. The van der Waals surface area contributed by atoms with Crippen molar-refractivity contribution in [2.24, 2.45) is 0 Å². The van der Waals surface area contributed by atoms with Crippen LogP contribution in [-0.4, -0.2) is 78.6 Å². The van der Waals surface area contributed by atoms with Crippen molar-refractivity contribution in [1.82, 2.24) is 15.1 Å². The number of benzene rings is 1. The van der Waals surface area contributed by atoms with E-state index in [9.17, 15) is 14.7 Å². The molecule has 0 aromatic heterocycles. The van der Waals surface area contributed by atoms with Gasteiger partial charge in [0.2, 0.25) is 5.91 Å². The number of likely N-dealkylation sites (tertiary alicyclic amines) is 2. The van der Waals surface area contributed by atoms with E-state index in [0.29, 0.717) is 37.2 Å². The highest BCUT2D eigenvalue weighted by molar-refractivity contribution is 5.97. The van der Waals surface area contributed by atoms with E-state index in [1.54, 1.807) is 24.3 Å². The zero-order chi connectivity index (χ0) is 19.8. The number of hydrogen-bond acceptors (Lipinski definition) is 5. The molecule has 7 nitrogen and oxygen atoms in total. The Balaban J connectivity index is 1.43. The van der Waals surface area contributed by atoms with Crippen LogP contribution < -0.4 is 10.6 Å². The van der Waals surface area contributed by atoms with Crippen molar-refractivity contribution >= 4 is 17.5 Å². The Labute approximate surface area is 167 Å². The van der Waals surface area contributed by atoms with E-state index in [1.165, 1.54) is 19.3 Å². The van der Waals surface area contributed by atoms with Crippen LogP contribution in [0.5, 0.6) is 0 Å². The second-order valence-corrected chi connectivity index (χ2v) is 7.79. The molecule has 1 aromatic carbocycles. The van der Waals surface area contributed by atoms with Crippen molar-refractivity contribution in [3.8, 4) is 0 Å². The van der Waals surface area contributed by atoms with Gasteiger partial charge in [-0.15, -0.1) is 0 Å². The summed E-state index contributed by atoms with van der Waals surface area (Å²) in [6.07, 6.45) is 4.97. The molecule has 3 rings (SSSR count). The summed E-state index contributed by atoms with van der Waals surface area (Å²) >= 11 is 0. The Morgan fingerprint density at radius 1 is 1.04 bits per heavy atom. The van der Waals surface area contributed by atoms with Crippen LogP contribution in [-0.2, 0) is 4.79 Å². The van der Waals surface area contributed by atoms with Gasteiger partial charge in [0.15, 0.2) is 0 Å². The number of hydrogen-bond donors (Lipinski definition) is 3. The van der Waals surface area contributed by atoms with Gasteiger partial charge < -0.3 is 20.6 Å². The predicted molar refractivity (Wildman–Crippen MR) is 109 cm³/mol. The van der Waals surface area contributed by atoms with Gasteiger partial charge in [-0.2, -0.15) is 0 Å². The van der Waals surface area contributed by atoms with Crippen LogP contribution in [0.2, 0.25) is 0 Å². The van der Waals surface area contributed by atoms with E-state index in [2.05, 4.69) is 15.5 Å². The van der Waals surface area contributed by atoms with Crippen LogP contribution in [0.4, 0.5) is 5.69 Å². The lowest BCUT2D eigenvalue weighted by Gasteiger charge is -2.28. The Bertz CT molecular complexity index is 653. The van der Waals surface area contributed by atoms with Crippen LogP contribution >= 0.6 is 0 Å². The van der Waals surface area contributed by atoms with Crippen LogP contribution in [0.3, 0.4) is 0 Å². The highest BCUT2D eigenvalue weighted by Crippen LogP contribution is 2.13. The number of piperidine rings is 2. The van der Waals surface area contributed by atoms with Crippen molar-refractivity contribution in [2.45, 2.75) is 38.2 Å². The SMILES string of the molecule is O=C(CN1CCC(O)CC1)Nc1cccc(C(=O)NCCN2CCCCC2)c1. The zero-order valence-electron chi connectivity index (χ0n) is 16.5. The maximum atomic E-state index is 12.4. The normalized spacial score (nSPS) is 19.3. The Morgan fingerprint density at radius 3 is 2.54 bits per heavy atom. The molecule has 2 aliphatic heterocycles. The van der Waals surface area contributed by atoms with Crippen LogP contribution in [0, 0.1) is 0 Å². The maximum Gasteiger partial charge on any atom is 0.251 e. The topological polar surface area (TPSA) is 84.9 Å². The van der Waals surface area contributed by atoms with Crippen LogP contribution in [0.15, 0.2) is 24.3 Å². The third-order valence-corrected chi connectivity index (χ3v) is 5.50. The monoisotopic (exact) mass is 388 g/mol. The van der Waals surface area contributed by atoms with E-state index in [-0.39, 0.29) is 17.9 Å². The number of carbonyl (C=O) groups excluding carboxylic acids is 2. The standard InChI is InChI=1S/C21H32N4O3/c26-19-7-12-25(13-8-19)16-20(27)23-18-6-4-5-17(15-18)21(28)22-9-14-24-10-2-1-3-11-24/h4-6,15,19,26H,1-3,7-14,16H2,(H,22,28)(H,23,27). The van der Waals surface area contributed by atoms with Crippen LogP contribution in [0.1, 0.15) is 42.5 Å². The molecule has 3 N–H and O–H groups in total. The molecule has 28 heavy (non-hydrogen) atoms. The van der Waals surface area contributed by atoms with Gasteiger partial charge in [-0.1, -0.05) is 12.5 Å². The molecular formula is C21H32N4O3.